The third-order valence-corrected chi connectivity index (χ3v) is 2.20. The van der Waals surface area contributed by atoms with Crippen molar-refractivity contribution < 1.29 is 28.2 Å². The highest BCUT2D eigenvalue weighted by molar-refractivity contribution is 6.30. The second-order valence-electron chi connectivity index (χ2n) is 3.02. The van der Waals surface area contributed by atoms with Gasteiger partial charge in [-0.15, -0.1) is 0 Å². The molecule has 3 nitrogen and oxygen atoms in total. The number of hydrogen-bond donors (Lipinski definition) is 2. The molecule has 0 aliphatic heterocycles. The molecule has 0 heterocycles. The molecule has 1 atom stereocenters. The van der Waals surface area contributed by atoms with Crippen LogP contribution in [-0.2, 0) is 10.4 Å². The van der Waals surface area contributed by atoms with E-state index in [0.717, 1.165) is 18.2 Å². The summed E-state index contributed by atoms with van der Waals surface area (Å²) in [4.78, 5) is 10.6. The van der Waals surface area contributed by atoms with E-state index in [2.05, 4.69) is 0 Å². The minimum Gasteiger partial charge on any atom is -0.479 e. The molecule has 0 bridgehead atoms. The van der Waals surface area contributed by atoms with Crippen molar-refractivity contribution in [3.63, 3.8) is 0 Å². The lowest BCUT2D eigenvalue weighted by Gasteiger charge is -2.26. The highest BCUT2D eigenvalue weighted by atomic mass is 35.5. The average molecular weight is 255 g/mol. The summed E-state index contributed by atoms with van der Waals surface area (Å²) in [6, 6.07) is 3.98. The van der Waals surface area contributed by atoms with Crippen LogP contribution in [-0.4, -0.2) is 22.4 Å². The fraction of sp³-hybridized carbons (Fsp3) is 0.222. The topological polar surface area (TPSA) is 57.5 Å². The Bertz CT molecular complexity index is 419. The van der Waals surface area contributed by atoms with Gasteiger partial charge in [-0.05, 0) is 12.1 Å². The standard InChI is InChI=1S/C9H6ClF3O3/c10-6-3-1-2-5(4-6)8(16,7(14)15)9(11,12)13/h1-4,16H,(H,14,15). The Morgan fingerprint density at radius 3 is 2.25 bits per heavy atom. The summed E-state index contributed by atoms with van der Waals surface area (Å²) in [6.07, 6.45) is -5.33. The lowest BCUT2D eigenvalue weighted by Crippen LogP contribution is -2.49. The monoisotopic (exact) mass is 254 g/mol. The molecule has 1 unspecified atom stereocenters. The molecule has 2 N–H and O–H groups in total. The number of carboxylic acids is 1. The Hall–Kier alpha value is -1.27. The summed E-state index contributed by atoms with van der Waals surface area (Å²) in [5.74, 6) is -2.40. The van der Waals surface area contributed by atoms with Crippen molar-refractivity contribution in [2.75, 3.05) is 0 Å². The van der Waals surface area contributed by atoms with Crippen LogP contribution < -0.4 is 0 Å². The van der Waals surface area contributed by atoms with Crippen LogP contribution in [0.25, 0.3) is 0 Å². The molecular formula is C9H6ClF3O3. The Morgan fingerprint density at radius 2 is 1.88 bits per heavy atom. The fourth-order valence-electron chi connectivity index (χ4n) is 1.12. The van der Waals surface area contributed by atoms with Gasteiger partial charge in [0.05, 0.1) is 0 Å². The van der Waals surface area contributed by atoms with E-state index in [9.17, 15) is 23.1 Å². The van der Waals surface area contributed by atoms with Gasteiger partial charge >= 0.3 is 12.1 Å². The molecule has 1 aromatic rings. The van der Waals surface area contributed by atoms with Crippen molar-refractivity contribution in [1.29, 1.82) is 0 Å². The molecule has 16 heavy (non-hydrogen) atoms. The zero-order chi connectivity index (χ0) is 12.6. The van der Waals surface area contributed by atoms with E-state index in [1.807, 2.05) is 0 Å². The fourth-order valence-corrected chi connectivity index (χ4v) is 1.31. The van der Waals surface area contributed by atoms with E-state index in [0.29, 0.717) is 0 Å². The lowest BCUT2D eigenvalue weighted by atomic mass is 9.93. The molecule has 1 rings (SSSR count). The van der Waals surface area contributed by atoms with E-state index < -0.39 is 23.3 Å². The van der Waals surface area contributed by atoms with E-state index in [-0.39, 0.29) is 5.02 Å². The molecule has 0 saturated heterocycles. The number of aliphatic carboxylic acids is 1. The second kappa shape index (κ2) is 3.95. The van der Waals surface area contributed by atoms with Gasteiger partial charge in [-0.2, -0.15) is 13.2 Å². The van der Waals surface area contributed by atoms with Gasteiger partial charge in [0.15, 0.2) is 0 Å². The summed E-state index contributed by atoms with van der Waals surface area (Å²) < 4.78 is 37.5. The molecule has 0 radical (unpaired) electrons. The van der Waals surface area contributed by atoms with Gasteiger partial charge in [0.2, 0.25) is 0 Å². The summed E-state index contributed by atoms with van der Waals surface area (Å²) >= 11 is 5.43. The zero-order valence-corrected chi connectivity index (χ0v) is 8.38. The Balaban J connectivity index is 3.39. The number of carbonyl (C=O) groups is 1. The molecular weight excluding hydrogens is 249 g/mol. The van der Waals surface area contributed by atoms with Gasteiger partial charge < -0.3 is 10.2 Å². The first-order valence-corrected chi connectivity index (χ1v) is 4.36. The van der Waals surface area contributed by atoms with Crippen LogP contribution in [0.1, 0.15) is 5.56 Å². The molecule has 0 fully saturated rings. The van der Waals surface area contributed by atoms with Gasteiger partial charge in [0.25, 0.3) is 5.60 Å². The van der Waals surface area contributed by atoms with Crippen LogP contribution in [0.15, 0.2) is 24.3 Å². The number of rotatable bonds is 2. The first-order chi connectivity index (χ1) is 7.19. The SMILES string of the molecule is O=C(O)C(O)(c1cccc(Cl)c1)C(F)(F)F. The molecule has 0 aromatic heterocycles. The van der Waals surface area contributed by atoms with Gasteiger partial charge in [-0.1, -0.05) is 23.7 Å². The smallest absolute Gasteiger partial charge is 0.432 e. The number of hydrogen-bond acceptors (Lipinski definition) is 2. The van der Waals surface area contributed by atoms with Crippen molar-refractivity contribution in [1.82, 2.24) is 0 Å². The van der Waals surface area contributed by atoms with Crippen LogP contribution >= 0.6 is 11.6 Å². The van der Waals surface area contributed by atoms with Crippen molar-refractivity contribution in [3.8, 4) is 0 Å². The van der Waals surface area contributed by atoms with Crippen LogP contribution in [0.3, 0.4) is 0 Å². The number of carboxylic acid groups (broad SMARTS) is 1. The summed E-state index contributed by atoms with van der Waals surface area (Å²) in [6.45, 7) is 0. The van der Waals surface area contributed by atoms with E-state index in [1.165, 1.54) is 6.07 Å². The third kappa shape index (κ3) is 1.98. The zero-order valence-electron chi connectivity index (χ0n) is 7.62. The summed E-state index contributed by atoms with van der Waals surface area (Å²) in [5, 5.41) is 17.6. The maximum absolute atomic E-state index is 12.5. The molecule has 0 aliphatic carbocycles. The summed E-state index contributed by atoms with van der Waals surface area (Å²) in [7, 11) is 0. The number of halogens is 4. The summed E-state index contributed by atoms with van der Waals surface area (Å²) in [5.41, 5.74) is -4.78. The Labute approximate surface area is 93.1 Å². The first kappa shape index (κ1) is 12.8. The molecule has 88 valence electrons. The minimum absolute atomic E-state index is 0.0959. The van der Waals surface area contributed by atoms with Crippen LogP contribution in [0.4, 0.5) is 13.2 Å². The van der Waals surface area contributed by atoms with E-state index in [4.69, 9.17) is 16.7 Å². The van der Waals surface area contributed by atoms with Crippen LogP contribution in [0.2, 0.25) is 5.02 Å². The van der Waals surface area contributed by atoms with Crippen LogP contribution in [0, 0.1) is 0 Å². The van der Waals surface area contributed by atoms with Gasteiger partial charge in [0, 0.05) is 10.6 Å². The van der Waals surface area contributed by atoms with Gasteiger partial charge in [0.1, 0.15) is 0 Å². The quantitative estimate of drug-likeness (QED) is 0.850. The molecule has 0 saturated carbocycles. The Morgan fingerprint density at radius 1 is 1.31 bits per heavy atom. The predicted octanol–water partition coefficient (Wildman–Crippen LogP) is 2.17. The van der Waals surface area contributed by atoms with E-state index >= 15 is 0 Å². The average Bonchev–Trinajstić information content (AvgIpc) is 2.14. The van der Waals surface area contributed by atoms with Crippen LogP contribution in [0.5, 0.6) is 0 Å². The Kier molecular flexibility index (Phi) is 3.16. The highest BCUT2D eigenvalue weighted by Gasteiger charge is 2.61. The first-order valence-electron chi connectivity index (χ1n) is 3.98. The molecule has 0 spiro atoms. The van der Waals surface area contributed by atoms with Crippen molar-refractivity contribution >= 4 is 17.6 Å². The van der Waals surface area contributed by atoms with Gasteiger partial charge in [-0.25, -0.2) is 4.79 Å². The predicted molar refractivity (Wildman–Crippen MR) is 49.0 cm³/mol. The van der Waals surface area contributed by atoms with E-state index in [1.54, 1.807) is 0 Å². The number of alkyl halides is 3. The maximum atomic E-state index is 12.5. The number of benzene rings is 1. The van der Waals surface area contributed by atoms with Crippen molar-refractivity contribution in [2.24, 2.45) is 0 Å². The molecule has 0 amide bonds. The molecule has 7 heteroatoms. The second-order valence-corrected chi connectivity index (χ2v) is 3.46. The largest absolute Gasteiger partial charge is 0.479 e. The van der Waals surface area contributed by atoms with Gasteiger partial charge in [-0.3, -0.25) is 0 Å². The molecule has 1 aromatic carbocycles. The normalized spacial score (nSPS) is 15.6. The lowest BCUT2D eigenvalue weighted by molar-refractivity contribution is -0.265. The van der Waals surface area contributed by atoms with Crippen molar-refractivity contribution in [3.05, 3.63) is 34.9 Å². The highest BCUT2D eigenvalue weighted by Crippen LogP contribution is 2.39. The van der Waals surface area contributed by atoms with Crippen molar-refractivity contribution in [2.45, 2.75) is 11.8 Å². The number of aliphatic hydroxyl groups is 1. The minimum atomic E-state index is -5.33. The third-order valence-electron chi connectivity index (χ3n) is 1.96. The molecule has 0 aliphatic rings. The maximum Gasteiger partial charge on any atom is 0.432 e.